The molecule has 0 saturated carbocycles. The average Bonchev–Trinajstić information content (AvgIpc) is 2.73. The number of nitrogens with zero attached hydrogens (tertiary/aromatic N) is 3. The predicted molar refractivity (Wildman–Crippen MR) is 90.2 cm³/mol. The Labute approximate surface area is 129 Å². The van der Waals surface area contributed by atoms with Gasteiger partial charge in [-0.3, -0.25) is 0 Å². The van der Waals surface area contributed by atoms with Crippen molar-refractivity contribution >= 4 is 11.8 Å². The van der Waals surface area contributed by atoms with Crippen molar-refractivity contribution in [3.8, 4) is 0 Å². The van der Waals surface area contributed by atoms with Crippen LogP contribution in [0, 0.1) is 0 Å². The summed E-state index contributed by atoms with van der Waals surface area (Å²) in [5, 5.41) is 3.42. The zero-order valence-corrected chi connectivity index (χ0v) is 14.1. The van der Waals surface area contributed by atoms with Crippen LogP contribution in [0.1, 0.15) is 65.5 Å². The fourth-order valence-electron chi connectivity index (χ4n) is 2.57. The first-order valence-electron chi connectivity index (χ1n) is 8.39. The van der Waals surface area contributed by atoms with E-state index in [-0.39, 0.29) is 5.41 Å². The molecule has 4 heteroatoms. The first kappa shape index (κ1) is 16.1. The molecular formula is C17H30N4. The van der Waals surface area contributed by atoms with Crippen LogP contribution in [-0.2, 0) is 5.41 Å². The van der Waals surface area contributed by atoms with Gasteiger partial charge in [-0.1, -0.05) is 40.5 Å². The lowest BCUT2D eigenvalue weighted by Crippen LogP contribution is -2.28. The molecule has 1 aromatic rings. The van der Waals surface area contributed by atoms with Crippen LogP contribution >= 0.6 is 0 Å². The van der Waals surface area contributed by atoms with Gasteiger partial charge < -0.3 is 10.2 Å². The number of hydrogen-bond acceptors (Lipinski definition) is 4. The highest BCUT2D eigenvalue weighted by atomic mass is 15.3. The van der Waals surface area contributed by atoms with E-state index in [1.54, 1.807) is 0 Å². The molecule has 1 saturated heterocycles. The molecule has 1 N–H and O–H groups in total. The third kappa shape index (κ3) is 4.58. The summed E-state index contributed by atoms with van der Waals surface area (Å²) in [4.78, 5) is 12.0. The fourth-order valence-corrected chi connectivity index (χ4v) is 2.57. The second-order valence-electron chi connectivity index (χ2n) is 7.02. The van der Waals surface area contributed by atoms with Crippen molar-refractivity contribution in [3.63, 3.8) is 0 Å². The lowest BCUT2D eigenvalue weighted by molar-refractivity contribution is 0.565. The van der Waals surface area contributed by atoms with Crippen LogP contribution in [0.5, 0.6) is 0 Å². The van der Waals surface area contributed by atoms with E-state index < -0.39 is 0 Å². The molecule has 4 nitrogen and oxygen atoms in total. The largest absolute Gasteiger partial charge is 0.370 e. The monoisotopic (exact) mass is 290 g/mol. The molecule has 0 amide bonds. The minimum atomic E-state index is 0.0478. The number of hydrogen-bond donors (Lipinski definition) is 1. The molecule has 1 aliphatic heterocycles. The summed E-state index contributed by atoms with van der Waals surface area (Å²) in [6.07, 6.45) is 6.27. The van der Waals surface area contributed by atoms with E-state index in [1.165, 1.54) is 25.7 Å². The lowest BCUT2D eigenvalue weighted by Gasteiger charge is -2.25. The molecule has 2 rings (SSSR count). The molecule has 0 spiro atoms. The van der Waals surface area contributed by atoms with Gasteiger partial charge in [-0.05, 0) is 19.3 Å². The summed E-state index contributed by atoms with van der Waals surface area (Å²) in [5.74, 6) is 1.87. The summed E-state index contributed by atoms with van der Waals surface area (Å²) >= 11 is 0. The van der Waals surface area contributed by atoms with Gasteiger partial charge in [0.05, 0.1) is 5.69 Å². The molecule has 1 aliphatic rings. The summed E-state index contributed by atoms with van der Waals surface area (Å²) in [6.45, 7) is 11.9. The zero-order chi connectivity index (χ0) is 15.3. The van der Waals surface area contributed by atoms with Gasteiger partial charge in [-0.15, -0.1) is 0 Å². The number of aromatic nitrogens is 2. The second kappa shape index (κ2) is 7.10. The Morgan fingerprint density at radius 1 is 1.10 bits per heavy atom. The topological polar surface area (TPSA) is 41.1 Å². The van der Waals surface area contributed by atoms with Crippen molar-refractivity contribution in [3.05, 3.63) is 11.8 Å². The number of anilines is 2. The lowest BCUT2D eigenvalue weighted by atomic mass is 9.92. The normalized spacial score (nSPS) is 16.7. The fraction of sp³-hybridized carbons (Fsp3) is 0.765. The third-order valence-corrected chi connectivity index (χ3v) is 3.93. The van der Waals surface area contributed by atoms with Crippen molar-refractivity contribution in [2.75, 3.05) is 29.9 Å². The Hall–Kier alpha value is -1.32. The Morgan fingerprint density at radius 3 is 2.33 bits per heavy atom. The van der Waals surface area contributed by atoms with Gasteiger partial charge in [0.1, 0.15) is 5.82 Å². The SMILES string of the molecule is CCCNc1cc(C(C)(C)C)nc(N2CCCCCC2)n1. The summed E-state index contributed by atoms with van der Waals surface area (Å²) in [7, 11) is 0. The van der Waals surface area contributed by atoms with Gasteiger partial charge in [-0.25, -0.2) is 4.98 Å². The molecule has 0 aliphatic carbocycles. The minimum Gasteiger partial charge on any atom is -0.370 e. The molecule has 0 radical (unpaired) electrons. The maximum absolute atomic E-state index is 4.85. The highest BCUT2D eigenvalue weighted by molar-refractivity contribution is 5.45. The van der Waals surface area contributed by atoms with Crippen LogP contribution in [0.25, 0.3) is 0 Å². The number of nitrogens with one attached hydrogen (secondary N) is 1. The average molecular weight is 290 g/mol. The van der Waals surface area contributed by atoms with Gasteiger partial charge in [0.2, 0.25) is 5.95 Å². The van der Waals surface area contributed by atoms with Crippen molar-refractivity contribution in [2.24, 2.45) is 0 Å². The van der Waals surface area contributed by atoms with Crippen LogP contribution in [-0.4, -0.2) is 29.6 Å². The van der Waals surface area contributed by atoms with Gasteiger partial charge >= 0.3 is 0 Å². The molecule has 2 heterocycles. The van der Waals surface area contributed by atoms with E-state index in [9.17, 15) is 0 Å². The van der Waals surface area contributed by atoms with Crippen molar-refractivity contribution < 1.29 is 0 Å². The zero-order valence-electron chi connectivity index (χ0n) is 14.1. The van der Waals surface area contributed by atoms with Crippen LogP contribution in [0.4, 0.5) is 11.8 Å². The minimum absolute atomic E-state index is 0.0478. The van der Waals surface area contributed by atoms with Gasteiger partial charge in [0.15, 0.2) is 0 Å². The van der Waals surface area contributed by atoms with E-state index in [0.717, 1.165) is 43.5 Å². The van der Waals surface area contributed by atoms with Gasteiger partial charge in [0.25, 0.3) is 0 Å². The first-order chi connectivity index (χ1) is 10.0. The highest BCUT2D eigenvalue weighted by Crippen LogP contribution is 2.25. The van der Waals surface area contributed by atoms with E-state index in [1.807, 2.05) is 0 Å². The van der Waals surface area contributed by atoms with Gasteiger partial charge in [0, 0.05) is 31.1 Å². The van der Waals surface area contributed by atoms with Crippen molar-refractivity contribution in [2.45, 2.75) is 65.2 Å². The Bertz CT molecular complexity index is 443. The molecule has 118 valence electrons. The molecule has 21 heavy (non-hydrogen) atoms. The Morgan fingerprint density at radius 2 is 1.76 bits per heavy atom. The van der Waals surface area contributed by atoms with Gasteiger partial charge in [-0.2, -0.15) is 4.98 Å². The first-order valence-corrected chi connectivity index (χ1v) is 8.39. The maximum atomic E-state index is 4.85. The van der Waals surface area contributed by atoms with E-state index in [2.05, 4.69) is 44.0 Å². The highest BCUT2D eigenvalue weighted by Gasteiger charge is 2.20. The van der Waals surface area contributed by atoms with Crippen LogP contribution in [0.15, 0.2) is 6.07 Å². The van der Waals surface area contributed by atoms with Crippen molar-refractivity contribution in [1.82, 2.24) is 9.97 Å². The van der Waals surface area contributed by atoms with E-state index in [0.29, 0.717) is 0 Å². The predicted octanol–water partition coefficient (Wildman–Crippen LogP) is 3.98. The smallest absolute Gasteiger partial charge is 0.227 e. The quantitative estimate of drug-likeness (QED) is 0.910. The molecule has 1 fully saturated rings. The summed E-state index contributed by atoms with van der Waals surface area (Å²) in [5.41, 5.74) is 1.17. The molecule has 0 bridgehead atoms. The summed E-state index contributed by atoms with van der Waals surface area (Å²) < 4.78 is 0. The van der Waals surface area contributed by atoms with Crippen LogP contribution in [0.3, 0.4) is 0 Å². The number of rotatable bonds is 4. The molecular weight excluding hydrogens is 260 g/mol. The molecule has 0 unspecified atom stereocenters. The van der Waals surface area contributed by atoms with Crippen molar-refractivity contribution in [1.29, 1.82) is 0 Å². The molecule has 0 aromatic carbocycles. The third-order valence-electron chi connectivity index (χ3n) is 3.93. The maximum Gasteiger partial charge on any atom is 0.227 e. The molecule has 1 aromatic heterocycles. The second-order valence-corrected chi connectivity index (χ2v) is 7.02. The van der Waals surface area contributed by atoms with Crippen LogP contribution in [0.2, 0.25) is 0 Å². The van der Waals surface area contributed by atoms with Crippen LogP contribution < -0.4 is 10.2 Å². The summed E-state index contributed by atoms with van der Waals surface area (Å²) in [6, 6.07) is 2.11. The Kier molecular flexibility index (Phi) is 5.43. The standard InChI is InChI=1S/C17H30N4/c1-5-10-18-15-13-14(17(2,3)4)19-16(20-15)21-11-8-6-7-9-12-21/h13H,5-12H2,1-4H3,(H,18,19,20). The van der Waals surface area contributed by atoms with E-state index >= 15 is 0 Å². The Balaban J connectivity index is 2.29. The molecule has 0 atom stereocenters. The van der Waals surface area contributed by atoms with E-state index in [4.69, 9.17) is 9.97 Å².